The molecule has 2 N–H and O–H groups in total. The van der Waals surface area contributed by atoms with Gasteiger partial charge >= 0.3 is 0 Å². The number of hydrogen-bond donors (Lipinski definition) is 2. The monoisotopic (exact) mass is 412 g/mol. The van der Waals surface area contributed by atoms with Gasteiger partial charge in [0.25, 0.3) is 0 Å². The summed E-state index contributed by atoms with van der Waals surface area (Å²) in [4.78, 5) is 7.20. The second-order valence-electron chi connectivity index (χ2n) is 5.51. The van der Waals surface area contributed by atoms with Crippen LogP contribution in [0.25, 0.3) is 0 Å². The van der Waals surface area contributed by atoms with Gasteiger partial charge in [0, 0.05) is 31.7 Å². The largest absolute Gasteiger partial charge is 0.379 e. The van der Waals surface area contributed by atoms with Gasteiger partial charge in [-0.1, -0.05) is 13.3 Å². The van der Waals surface area contributed by atoms with Crippen LogP contribution in [-0.2, 0) is 4.74 Å². The van der Waals surface area contributed by atoms with E-state index in [2.05, 4.69) is 43.2 Å². The van der Waals surface area contributed by atoms with Gasteiger partial charge in [0.2, 0.25) is 0 Å². The van der Waals surface area contributed by atoms with Crippen LogP contribution >= 0.6 is 24.0 Å². The molecule has 5 nitrogen and oxygen atoms in total. The number of ether oxygens (including phenoxy) is 1. The van der Waals surface area contributed by atoms with Crippen molar-refractivity contribution in [1.82, 2.24) is 15.5 Å². The van der Waals surface area contributed by atoms with Gasteiger partial charge in [0.15, 0.2) is 5.96 Å². The van der Waals surface area contributed by atoms with Crippen molar-refractivity contribution in [3.8, 4) is 0 Å². The van der Waals surface area contributed by atoms with E-state index in [1.54, 1.807) is 0 Å². The van der Waals surface area contributed by atoms with E-state index >= 15 is 0 Å². The highest BCUT2D eigenvalue weighted by Gasteiger charge is 2.23. The Morgan fingerprint density at radius 3 is 2.76 bits per heavy atom. The second-order valence-corrected chi connectivity index (χ2v) is 5.51. The molecule has 1 aliphatic rings. The molecule has 6 heteroatoms. The molecule has 2 atom stereocenters. The Kier molecular flexibility index (Phi) is 12.4. The molecule has 1 saturated heterocycles. The molecule has 1 aliphatic heterocycles. The quantitative estimate of drug-likeness (QED) is 0.291. The van der Waals surface area contributed by atoms with Gasteiger partial charge in [-0.2, -0.15) is 0 Å². The summed E-state index contributed by atoms with van der Waals surface area (Å²) in [7, 11) is 0. The lowest BCUT2D eigenvalue weighted by Gasteiger charge is -2.37. The average molecular weight is 412 g/mol. The maximum absolute atomic E-state index is 5.49. The summed E-state index contributed by atoms with van der Waals surface area (Å²) >= 11 is 0. The summed E-state index contributed by atoms with van der Waals surface area (Å²) < 4.78 is 5.49. The maximum atomic E-state index is 5.49. The highest BCUT2D eigenvalue weighted by molar-refractivity contribution is 14.0. The zero-order valence-corrected chi connectivity index (χ0v) is 16.4. The molecule has 2 unspecified atom stereocenters. The van der Waals surface area contributed by atoms with Crippen LogP contribution in [-0.4, -0.2) is 62.3 Å². The number of morpholine rings is 1. The smallest absolute Gasteiger partial charge is 0.191 e. The van der Waals surface area contributed by atoms with Crippen molar-refractivity contribution < 1.29 is 4.74 Å². The van der Waals surface area contributed by atoms with Gasteiger partial charge in [-0.3, -0.25) is 9.89 Å². The number of hydrogen-bond acceptors (Lipinski definition) is 3. The van der Waals surface area contributed by atoms with Gasteiger partial charge in [-0.05, 0) is 27.2 Å². The van der Waals surface area contributed by atoms with Crippen LogP contribution in [0.4, 0.5) is 0 Å². The minimum absolute atomic E-state index is 0. The molecule has 21 heavy (non-hydrogen) atoms. The molecule has 0 aromatic heterocycles. The van der Waals surface area contributed by atoms with Crippen LogP contribution in [0, 0.1) is 0 Å². The Morgan fingerprint density at radius 1 is 1.38 bits per heavy atom. The topological polar surface area (TPSA) is 48.9 Å². The maximum Gasteiger partial charge on any atom is 0.191 e. The van der Waals surface area contributed by atoms with Crippen molar-refractivity contribution in [2.75, 3.05) is 39.4 Å². The zero-order valence-electron chi connectivity index (χ0n) is 14.0. The van der Waals surface area contributed by atoms with E-state index in [1.807, 2.05) is 0 Å². The third-order valence-corrected chi connectivity index (χ3v) is 3.67. The van der Waals surface area contributed by atoms with E-state index in [0.29, 0.717) is 12.1 Å². The van der Waals surface area contributed by atoms with Gasteiger partial charge in [-0.25, -0.2) is 0 Å². The molecule has 0 spiro atoms. The number of rotatable bonds is 7. The minimum Gasteiger partial charge on any atom is -0.379 e. The van der Waals surface area contributed by atoms with E-state index in [1.165, 1.54) is 12.8 Å². The Hall–Kier alpha value is -0.0800. The molecule has 0 aromatic rings. The minimum atomic E-state index is 0. The molecular weight excluding hydrogens is 379 g/mol. The second kappa shape index (κ2) is 12.5. The molecule has 0 bridgehead atoms. The van der Waals surface area contributed by atoms with Crippen LogP contribution in [0.5, 0.6) is 0 Å². The molecule has 1 heterocycles. The Labute approximate surface area is 147 Å². The van der Waals surface area contributed by atoms with E-state index in [4.69, 9.17) is 9.73 Å². The van der Waals surface area contributed by atoms with Gasteiger partial charge < -0.3 is 15.4 Å². The third kappa shape index (κ3) is 8.21. The number of halogens is 1. The molecule has 126 valence electrons. The van der Waals surface area contributed by atoms with Crippen molar-refractivity contribution in [1.29, 1.82) is 0 Å². The lowest BCUT2D eigenvalue weighted by molar-refractivity contribution is -0.0165. The van der Waals surface area contributed by atoms with Gasteiger partial charge in [0.05, 0.1) is 19.8 Å². The predicted molar refractivity (Wildman–Crippen MR) is 101 cm³/mol. The van der Waals surface area contributed by atoms with Crippen molar-refractivity contribution in [2.24, 2.45) is 4.99 Å². The summed E-state index contributed by atoms with van der Waals surface area (Å²) in [5.74, 6) is 0.939. The molecular formula is C15H33IN4O. The summed E-state index contributed by atoms with van der Waals surface area (Å²) in [5, 5.41) is 6.69. The third-order valence-electron chi connectivity index (χ3n) is 3.67. The zero-order chi connectivity index (χ0) is 14.8. The first-order valence-electron chi connectivity index (χ1n) is 8.04. The van der Waals surface area contributed by atoms with Crippen LogP contribution in [0.1, 0.15) is 40.5 Å². The molecule has 1 rings (SSSR count). The van der Waals surface area contributed by atoms with E-state index < -0.39 is 0 Å². The van der Waals surface area contributed by atoms with E-state index in [-0.39, 0.29) is 24.0 Å². The number of unbranched alkanes of at least 4 members (excludes halogenated alkanes) is 1. The number of guanidine groups is 1. The lowest BCUT2D eigenvalue weighted by atomic mass is 10.2. The summed E-state index contributed by atoms with van der Waals surface area (Å²) in [6, 6.07) is 0.945. The first-order chi connectivity index (χ1) is 9.69. The highest BCUT2D eigenvalue weighted by atomic mass is 127. The summed E-state index contributed by atoms with van der Waals surface area (Å²) in [6.45, 7) is 14.2. The Balaban J connectivity index is 0.00000400. The van der Waals surface area contributed by atoms with Crippen molar-refractivity contribution >= 4 is 29.9 Å². The fraction of sp³-hybridized carbons (Fsp3) is 0.933. The molecule has 0 aromatic carbocycles. The average Bonchev–Trinajstić information content (AvgIpc) is 2.45. The van der Waals surface area contributed by atoms with E-state index in [0.717, 1.165) is 45.4 Å². The van der Waals surface area contributed by atoms with Crippen molar-refractivity contribution in [3.63, 3.8) is 0 Å². The van der Waals surface area contributed by atoms with Crippen LogP contribution in [0.2, 0.25) is 0 Å². The van der Waals surface area contributed by atoms with Crippen molar-refractivity contribution in [2.45, 2.75) is 52.6 Å². The standard InChI is InChI=1S/C15H32N4O.HI/c1-5-7-8-17-15(16-6-2)18-11-13(3)19-9-10-20-12-14(19)4;/h13-14H,5-12H2,1-4H3,(H2,16,17,18);1H. The Bertz CT molecular complexity index is 289. The normalized spacial score (nSPS) is 21.5. The lowest BCUT2D eigenvalue weighted by Crippen LogP contribution is -2.49. The predicted octanol–water partition coefficient (Wildman–Crippen LogP) is 2.07. The number of nitrogens with one attached hydrogen (secondary N) is 2. The number of nitrogens with zero attached hydrogens (tertiary/aromatic N) is 2. The van der Waals surface area contributed by atoms with Gasteiger partial charge in [-0.15, -0.1) is 24.0 Å². The van der Waals surface area contributed by atoms with Gasteiger partial charge in [0.1, 0.15) is 0 Å². The molecule has 0 saturated carbocycles. The first kappa shape index (κ1) is 20.9. The summed E-state index contributed by atoms with van der Waals surface area (Å²) in [5.41, 5.74) is 0. The molecule has 0 amide bonds. The molecule has 1 fully saturated rings. The van der Waals surface area contributed by atoms with Crippen molar-refractivity contribution in [3.05, 3.63) is 0 Å². The van der Waals surface area contributed by atoms with Crippen LogP contribution in [0.15, 0.2) is 4.99 Å². The molecule has 0 aliphatic carbocycles. The van der Waals surface area contributed by atoms with E-state index in [9.17, 15) is 0 Å². The number of aliphatic imine (C=N–C) groups is 1. The fourth-order valence-electron chi connectivity index (χ4n) is 2.45. The van der Waals surface area contributed by atoms with Crippen LogP contribution < -0.4 is 10.6 Å². The highest BCUT2D eigenvalue weighted by Crippen LogP contribution is 2.10. The SMILES string of the molecule is CCCCNC(=NCC(C)N1CCOCC1C)NCC.I. The first-order valence-corrected chi connectivity index (χ1v) is 8.04. The fourth-order valence-corrected chi connectivity index (χ4v) is 2.45. The summed E-state index contributed by atoms with van der Waals surface area (Å²) in [6.07, 6.45) is 2.38. The van der Waals surface area contributed by atoms with Crippen LogP contribution in [0.3, 0.4) is 0 Å². The molecule has 0 radical (unpaired) electrons. The Morgan fingerprint density at radius 2 is 2.14 bits per heavy atom.